The summed E-state index contributed by atoms with van der Waals surface area (Å²) in [5.74, 6) is 0.687. The second-order valence-electron chi connectivity index (χ2n) is 17.2. The third-order valence-corrected chi connectivity index (χ3v) is 13.3. The van der Waals surface area contributed by atoms with E-state index in [1.165, 1.54) is 60.6 Å². The van der Waals surface area contributed by atoms with Crippen molar-refractivity contribution in [2.24, 2.45) is 18.9 Å². The molecule has 2 aromatic carbocycles. The van der Waals surface area contributed by atoms with E-state index in [0.717, 1.165) is 61.0 Å². The average Bonchev–Trinajstić information content (AvgIpc) is 3.64. The number of likely N-dealkylation sites (tertiary alicyclic amines) is 2. The number of hydrogen-bond acceptors (Lipinski definition) is 10. The fourth-order valence-corrected chi connectivity index (χ4v) is 9.87. The van der Waals surface area contributed by atoms with Crippen LogP contribution in [0.5, 0.6) is 11.6 Å². The number of rotatable bonds is 12. The molecule has 10 rings (SSSR count). The minimum absolute atomic E-state index is 0.0317. The van der Waals surface area contributed by atoms with Gasteiger partial charge in [0.1, 0.15) is 24.0 Å². The van der Waals surface area contributed by atoms with Crippen LogP contribution in [0, 0.1) is 11.8 Å². The molecule has 5 aromatic rings. The number of nitrogens with one attached hydrogen (secondary N) is 1. The Bertz CT molecular complexity index is 2450. The maximum absolute atomic E-state index is 13.2. The first-order valence-corrected chi connectivity index (χ1v) is 21.2. The topological polar surface area (TPSA) is 139 Å². The van der Waals surface area contributed by atoms with E-state index in [9.17, 15) is 19.2 Å². The molecule has 13 nitrogen and oxygen atoms in total. The van der Waals surface area contributed by atoms with E-state index in [1.54, 1.807) is 18.2 Å². The zero-order valence-corrected chi connectivity index (χ0v) is 33.3. The molecule has 13 heteroatoms. The Morgan fingerprint density at radius 2 is 1.58 bits per heavy atom. The highest BCUT2D eigenvalue weighted by Crippen LogP contribution is 2.36. The quantitative estimate of drug-likeness (QED) is 0.159. The molecule has 1 saturated carbocycles. The number of aryl methyl sites for hydroxylation is 1. The molecule has 4 aliphatic heterocycles. The van der Waals surface area contributed by atoms with Crippen LogP contribution < -0.4 is 14.8 Å². The van der Waals surface area contributed by atoms with Crippen molar-refractivity contribution < 1.29 is 28.7 Å². The molecule has 0 radical (unpaired) electrons. The summed E-state index contributed by atoms with van der Waals surface area (Å²) in [5.41, 5.74) is 5.08. The van der Waals surface area contributed by atoms with Gasteiger partial charge in [-0.05, 0) is 118 Å². The van der Waals surface area contributed by atoms with E-state index < -0.39 is 29.7 Å². The number of pyridine rings is 2. The number of nitrogens with zero attached hydrogens (tertiary/aromatic N) is 6. The molecule has 0 bridgehead atoms. The van der Waals surface area contributed by atoms with Crippen LogP contribution in [-0.4, -0.2) is 110 Å². The van der Waals surface area contributed by atoms with Crippen molar-refractivity contribution in [3.05, 3.63) is 84.3 Å². The summed E-state index contributed by atoms with van der Waals surface area (Å²) < 4.78 is 14.7. The van der Waals surface area contributed by atoms with Gasteiger partial charge in [0.25, 0.3) is 11.8 Å². The van der Waals surface area contributed by atoms with Crippen LogP contribution in [0.25, 0.3) is 32.9 Å². The van der Waals surface area contributed by atoms with Gasteiger partial charge in [0.05, 0.1) is 16.6 Å². The lowest BCUT2D eigenvalue weighted by Gasteiger charge is -2.41. The van der Waals surface area contributed by atoms with Crippen LogP contribution in [0.4, 0.5) is 0 Å². The van der Waals surface area contributed by atoms with Crippen molar-refractivity contribution in [3.8, 4) is 22.8 Å². The highest BCUT2D eigenvalue weighted by Gasteiger charge is 2.45. The van der Waals surface area contributed by atoms with Crippen molar-refractivity contribution >= 4 is 45.4 Å². The van der Waals surface area contributed by atoms with Gasteiger partial charge < -0.3 is 18.9 Å². The summed E-state index contributed by atoms with van der Waals surface area (Å²) in [6.07, 6.45) is 13.3. The molecule has 0 spiro atoms. The number of fused-ring (bicyclic) bond motifs is 4. The van der Waals surface area contributed by atoms with Crippen LogP contribution in [-0.2, 0) is 16.6 Å². The van der Waals surface area contributed by atoms with Crippen molar-refractivity contribution in [2.75, 3.05) is 39.3 Å². The second kappa shape index (κ2) is 15.5. The molecule has 1 unspecified atom stereocenters. The molecule has 3 saturated heterocycles. The first-order valence-electron chi connectivity index (χ1n) is 21.2. The minimum atomic E-state index is -0.975. The smallest absolute Gasteiger partial charge is 0.262 e. The summed E-state index contributed by atoms with van der Waals surface area (Å²) >= 11 is 0. The van der Waals surface area contributed by atoms with Crippen LogP contribution in [0.3, 0.4) is 0 Å². The number of carbonyl (C=O) groups excluding carboxylic acids is 4. The monoisotopic (exact) mass is 795 g/mol. The molecule has 1 N–H and O–H groups in total. The first kappa shape index (κ1) is 37.6. The summed E-state index contributed by atoms with van der Waals surface area (Å²) in [6.45, 7) is 6.24. The van der Waals surface area contributed by atoms with Crippen LogP contribution in [0.15, 0.2) is 73.2 Å². The number of amides is 4. The SMILES string of the molecule is Cn1c2ccncc2c2ccc(-c3ccc(OC4CC(CN5CCC(CCCN6CC(Oc7ccc8c(c7)C(=O)N(C7CCC(=O)NC7=O)C8=O)C6)CC5)C4)nc3)cc21. The van der Waals surface area contributed by atoms with E-state index in [4.69, 9.17) is 9.47 Å². The normalized spacial score (nSPS) is 23.1. The Kier molecular flexibility index (Phi) is 9.88. The second-order valence-corrected chi connectivity index (χ2v) is 17.2. The average molecular weight is 796 g/mol. The molecular formula is C46H49N7O6. The van der Waals surface area contributed by atoms with Crippen LogP contribution in [0.1, 0.15) is 72.1 Å². The predicted octanol–water partition coefficient (Wildman–Crippen LogP) is 5.60. The Morgan fingerprint density at radius 1 is 0.763 bits per heavy atom. The predicted molar refractivity (Wildman–Crippen MR) is 221 cm³/mol. The Labute approximate surface area is 342 Å². The molecule has 5 aliphatic rings. The highest BCUT2D eigenvalue weighted by atomic mass is 16.5. The minimum Gasteiger partial charge on any atom is -0.488 e. The van der Waals surface area contributed by atoms with Gasteiger partial charge in [0.15, 0.2) is 0 Å². The van der Waals surface area contributed by atoms with Crippen molar-refractivity contribution in [2.45, 2.75) is 69.6 Å². The molecule has 3 aromatic heterocycles. The molecule has 59 heavy (non-hydrogen) atoms. The molecule has 1 aliphatic carbocycles. The van der Waals surface area contributed by atoms with Crippen LogP contribution in [0.2, 0.25) is 0 Å². The number of aromatic nitrogens is 3. The lowest BCUT2D eigenvalue weighted by atomic mass is 9.81. The summed E-state index contributed by atoms with van der Waals surface area (Å²) in [7, 11) is 2.10. The summed E-state index contributed by atoms with van der Waals surface area (Å²) in [6, 6.07) is 16.7. The third kappa shape index (κ3) is 7.35. The van der Waals surface area contributed by atoms with Gasteiger partial charge in [0, 0.05) is 79.6 Å². The lowest BCUT2D eigenvalue weighted by Crippen LogP contribution is -2.54. The summed E-state index contributed by atoms with van der Waals surface area (Å²) in [4.78, 5) is 65.1. The fraction of sp³-hybridized carbons (Fsp3) is 0.435. The van der Waals surface area contributed by atoms with Gasteiger partial charge in [0.2, 0.25) is 17.7 Å². The molecule has 4 amide bonds. The zero-order chi connectivity index (χ0) is 40.2. The van der Waals surface area contributed by atoms with E-state index in [0.29, 0.717) is 17.5 Å². The molecule has 304 valence electrons. The van der Waals surface area contributed by atoms with Crippen molar-refractivity contribution in [1.82, 2.24) is 34.6 Å². The largest absolute Gasteiger partial charge is 0.488 e. The Balaban J connectivity index is 0.606. The number of benzene rings is 2. The fourth-order valence-electron chi connectivity index (χ4n) is 9.87. The Morgan fingerprint density at radius 3 is 2.37 bits per heavy atom. The number of ether oxygens (including phenoxy) is 2. The molecule has 1 atom stereocenters. The van der Waals surface area contributed by atoms with Gasteiger partial charge in [-0.3, -0.25) is 39.3 Å². The van der Waals surface area contributed by atoms with E-state index in [2.05, 4.69) is 67.0 Å². The maximum Gasteiger partial charge on any atom is 0.262 e. The highest BCUT2D eigenvalue weighted by molar-refractivity contribution is 6.23. The van der Waals surface area contributed by atoms with Crippen LogP contribution >= 0.6 is 0 Å². The number of carbonyl (C=O) groups is 4. The van der Waals surface area contributed by atoms with E-state index >= 15 is 0 Å². The number of imide groups is 2. The number of piperidine rings is 2. The van der Waals surface area contributed by atoms with E-state index in [1.807, 2.05) is 24.7 Å². The molecular weight excluding hydrogens is 747 g/mol. The van der Waals surface area contributed by atoms with Gasteiger partial charge in [-0.1, -0.05) is 12.1 Å². The van der Waals surface area contributed by atoms with Gasteiger partial charge in [-0.25, -0.2) is 4.98 Å². The zero-order valence-electron chi connectivity index (χ0n) is 33.3. The molecule has 4 fully saturated rings. The molecule has 7 heterocycles. The first-order chi connectivity index (χ1) is 28.7. The Hall–Kier alpha value is -5.66. The van der Waals surface area contributed by atoms with E-state index in [-0.39, 0.29) is 36.2 Å². The third-order valence-electron chi connectivity index (χ3n) is 13.3. The van der Waals surface area contributed by atoms with Gasteiger partial charge in [-0.2, -0.15) is 0 Å². The maximum atomic E-state index is 13.2. The van der Waals surface area contributed by atoms with Crippen molar-refractivity contribution in [3.63, 3.8) is 0 Å². The lowest BCUT2D eigenvalue weighted by molar-refractivity contribution is -0.136. The van der Waals surface area contributed by atoms with Gasteiger partial charge >= 0.3 is 0 Å². The number of hydrogen-bond donors (Lipinski definition) is 1. The summed E-state index contributed by atoms with van der Waals surface area (Å²) in [5, 5.41) is 4.61. The standard InChI is InChI=1S/C46H49N7O6/c1-50-39-12-15-47-24-38(39)35-7-4-30(21-41(35)50)31-5-11-43(48-23-31)59-33-19-29(20-33)25-51-17-13-28(14-18-51)3-2-16-52-26-34(27-52)58-32-6-8-36-37(22-32)46(57)53(45(36)56)40-9-10-42(54)49-44(40)55/h4-8,11-12,15,21-24,28-29,33-34,40H,2-3,9-10,13-14,16-20,25-27H2,1H3,(H,49,54,55). The van der Waals surface area contributed by atoms with Gasteiger partial charge in [-0.15, -0.1) is 0 Å². The van der Waals surface area contributed by atoms with Crippen molar-refractivity contribution in [1.29, 1.82) is 0 Å².